The highest BCUT2D eigenvalue weighted by atomic mass is 16.5. The first-order chi connectivity index (χ1) is 7.85. The Morgan fingerprint density at radius 1 is 0.938 bits per heavy atom. The zero-order chi connectivity index (χ0) is 12.1. The molecule has 0 aliphatic carbocycles. The Bertz CT molecular complexity index is 126. The van der Waals surface area contributed by atoms with E-state index in [1.54, 1.807) is 0 Å². The lowest BCUT2D eigenvalue weighted by molar-refractivity contribution is 0.0895. The maximum absolute atomic E-state index is 8.52. The smallest absolute Gasteiger partial charge is 0.0697 e. The molecule has 2 heteroatoms. The molecule has 1 unspecified atom stereocenters. The van der Waals surface area contributed by atoms with Crippen LogP contribution in [0.5, 0.6) is 0 Å². The van der Waals surface area contributed by atoms with Gasteiger partial charge < -0.3 is 9.84 Å². The van der Waals surface area contributed by atoms with E-state index in [0.29, 0.717) is 6.61 Å². The van der Waals surface area contributed by atoms with Crippen LogP contribution in [0.3, 0.4) is 0 Å². The average Bonchev–Trinajstić information content (AvgIpc) is 2.31. The van der Waals surface area contributed by atoms with Crippen molar-refractivity contribution in [1.82, 2.24) is 0 Å². The van der Waals surface area contributed by atoms with Gasteiger partial charge in [-0.15, -0.1) is 0 Å². The van der Waals surface area contributed by atoms with Crippen LogP contribution >= 0.6 is 0 Å². The maximum atomic E-state index is 8.52. The van der Waals surface area contributed by atoms with Crippen molar-refractivity contribution < 1.29 is 9.84 Å². The van der Waals surface area contributed by atoms with Gasteiger partial charge in [0.05, 0.1) is 13.2 Å². The van der Waals surface area contributed by atoms with Gasteiger partial charge in [0.2, 0.25) is 0 Å². The molecule has 0 aromatic rings. The van der Waals surface area contributed by atoms with Gasteiger partial charge in [-0.2, -0.15) is 0 Å². The highest BCUT2D eigenvalue weighted by Gasteiger charge is 2.03. The number of ether oxygens (including phenoxy) is 1. The molecule has 98 valence electrons. The Morgan fingerprint density at radius 2 is 1.69 bits per heavy atom. The number of unbranched alkanes of at least 4 members (excludes halogenated alkanes) is 3. The van der Waals surface area contributed by atoms with Crippen molar-refractivity contribution in [1.29, 1.82) is 0 Å². The molecule has 1 N–H and O–H groups in total. The molecule has 0 rings (SSSR count). The third-order valence-corrected chi connectivity index (χ3v) is 3.16. The average molecular weight is 230 g/mol. The zero-order valence-electron chi connectivity index (χ0n) is 11.2. The van der Waals surface area contributed by atoms with Gasteiger partial charge in [-0.05, 0) is 12.3 Å². The first-order valence-electron chi connectivity index (χ1n) is 7.03. The fourth-order valence-electron chi connectivity index (χ4n) is 2.12. The molecule has 0 radical (unpaired) electrons. The number of hydrogen-bond donors (Lipinski definition) is 1. The van der Waals surface area contributed by atoms with Crippen molar-refractivity contribution in [3.8, 4) is 0 Å². The summed E-state index contributed by atoms with van der Waals surface area (Å²) in [6.07, 6.45) is 10.6. The van der Waals surface area contributed by atoms with Gasteiger partial charge >= 0.3 is 0 Å². The molecule has 0 aliphatic heterocycles. The van der Waals surface area contributed by atoms with E-state index in [4.69, 9.17) is 9.84 Å². The van der Waals surface area contributed by atoms with Crippen LogP contribution in [0, 0.1) is 5.92 Å². The molecule has 0 aromatic heterocycles. The molecule has 0 saturated heterocycles. The van der Waals surface area contributed by atoms with Crippen LogP contribution in [0.25, 0.3) is 0 Å². The summed E-state index contributed by atoms with van der Waals surface area (Å²) in [7, 11) is 0. The monoisotopic (exact) mass is 230 g/mol. The van der Waals surface area contributed by atoms with Crippen LogP contribution in [0.1, 0.15) is 65.2 Å². The van der Waals surface area contributed by atoms with Crippen LogP contribution < -0.4 is 0 Å². The molecule has 0 heterocycles. The minimum absolute atomic E-state index is 0.148. The van der Waals surface area contributed by atoms with Crippen LogP contribution in [-0.4, -0.2) is 24.9 Å². The van der Waals surface area contributed by atoms with Gasteiger partial charge in [0.1, 0.15) is 0 Å². The molecule has 0 saturated carbocycles. The van der Waals surface area contributed by atoms with E-state index in [-0.39, 0.29) is 6.61 Å². The van der Waals surface area contributed by atoms with Gasteiger partial charge in [0.15, 0.2) is 0 Å². The molecule has 0 spiro atoms. The quantitative estimate of drug-likeness (QED) is 0.517. The molecule has 1 atom stereocenters. The van der Waals surface area contributed by atoms with Crippen molar-refractivity contribution in [2.24, 2.45) is 5.92 Å². The summed E-state index contributed by atoms with van der Waals surface area (Å²) in [5.74, 6) is 0.954. The first kappa shape index (κ1) is 15.9. The van der Waals surface area contributed by atoms with E-state index < -0.39 is 0 Å². The molecule has 0 bridgehead atoms. The molecule has 2 nitrogen and oxygen atoms in total. The van der Waals surface area contributed by atoms with Crippen molar-refractivity contribution in [3.05, 3.63) is 0 Å². The Morgan fingerprint density at radius 3 is 2.31 bits per heavy atom. The molecule has 16 heavy (non-hydrogen) atoms. The van der Waals surface area contributed by atoms with Gasteiger partial charge in [-0.25, -0.2) is 0 Å². The number of aliphatic hydroxyl groups is 1. The van der Waals surface area contributed by atoms with Crippen molar-refractivity contribution in [2.45, 2.75) is 65.2 Å². The third kappa shape index (κ3) is 10.4. The fraction of sp³-hybridized carbons (Fsp3) is 1.00. The van der Waals surface area contributed by atoms with Crippen molar-refractivity contribution in [2.75, 3.05) is 19.8 Å². The molecule has 0 aromatic carbocycles. The van der Waals surface area contributed by atoms with Gasteiger partial charge in [-0.3, -0.25) is 0 Å². The van der Waals surface area contributed by atoms with E-state index in [0.717, 1.165) is 18.9 Å². The minimum Gasteiger partial charge on any atom is -0.394 e. The summed E-state index contributed by atoms with van der Waals surface area (Å²) in [6.45, 7) is 6.04. The van der Waals surface area contributed by atoms with E-state index in [2.05, 4.69) is 13.8 Å². The summed E-state index contributed by atoms with van der Waals surface area (Å²) in [4.78, 5) is 0. The second-order valence-corrected chi connectivity index (χ2v) is 4.60. The second kappa shape index (κ2) is 13.0. The van der Waals surface area contributed by atoms with E-state index >= 15 is 0 Å². The van der Waals surface area contributed by atoms with E-state index in [9.17, 15) is 0 Å². The number of hydrogen-bond acceptors (Lipinski definition) is 2. The SMILES string of the molecule is CCCC(CC)CCCCCCOCCO. The fourth-order valence-corrected chi connectivity index (χ4v) is 2.12. The number of aliphatic hydroxyl groups excluding tert-OH is 1. The van der Waals surface area contributed by atoms with E-state index in [1.165, 1.54) is 44.9 Å². The zero-order valence-corrected chi connectivity index (χ0v) is 11.2. The molecular formula is C14H30O2. The largest absolute Gasteiger partial charge is 0.394 e. The lowest BCUT2D eigenvalue weighted by Gasteiger charge is -2.12. The summed E-state index contributed by atoms with van der Waals surface area (Å²) in [5, 5.41) is 8.52. The maximum Gasteiger partial charge on any atom is 0.0697 e. The Balaban J connectivity index is 3.12. The standard InChI is InChI=1S/C14H30O2/c1-3-9-14(4-2)10-7-5-6-8-12-16-13-11-15/h14-15H,3-13H2,1-2H3. The van der Waals surface area contributed by atoms with Crippen LogP contribution in [0.4, 0.5) is 0 Å². The molecule has 0 amide bonds. The first-order valence-corrected chi connectivity index (χ1v) is 7.03. The summed E-state index contributed by atoms with van der Waals surface area (Å²) in [6, 6.07) is 0. The summed E-state index contributed by atoms with van der Waals surface area (Å²) in [5.41, 5.74) is 0. The topological polar surface area (TPSA) is 29.5 Å². The minimum atomic E-state index is 0.148. The highest BCUT2D eigenvalue weighted by Crippen LogP contribution is 2.18. The Hall–Kier alpha value is -0.0800. The Kier molecular flexibility index (Phi) is 12.9. The van der Waals surface area contributed by atoms with Crippen LogP contribution in [0.15, 0.2) is 0 Å². The van der Waals surface area contributed by atoms with Crippen LogP contribution in [0.2, 0.25) is 0 Å². The summed E-state index contributed by atoms with van der Waals surface area (Å²) < 4.78 is 5.22. The Labute approximate surface area is 101 Å². The van der Waals surface area contributed by atoms with Crippen LogP contribution in [-0.2, 0) is 4.74 Å². The van der Waals surface area contributed by atoms with Gasteiger partial charge in [-0.1, -0.05) is 58.8 Å². The lowest BCUT2D eigenvalue weighted by atomic mass is 9.94. The normalized spacial score (nSPS) is 12.9. The predicted molar refractivity (Wildman–Crippen MR) is 69.7 cm³/mol. The van der Waals surface area contributed by atoms with Gasteiger partial charge in [0.25, 0.3) is 0 Å². The van der Waals surface area contributed by atoms with Crippen molar-refractivity contribution in [3.63, 3.8) is 0 Å². The molecular weight excluding hydrogens is 200 g/mol. The second-order valence-electron chi connectivity index (χ2n) is 4.60. The number of rotatable bonds is 12. The molecule has 0 aliphatic rings. The van der Waals surface area contributed by atoms with Gasteiger partial charge in [0, 0.05) is 6.61 Å². The van der Waals surface area contributed by atoms with Crippen molar-refractivity contribution >= 4 is 0 Å². The third-order valence-electron chi connectivity index (χ3n) is 3.16. The molecule has 0 fully saturated rings. The highest BCUT2D eigenvalue weighted by molar-refractivity contribution is 4.57. The van der Waals surface area contributed by atoms with E-state index in [1.807, 2.05) is 0 Å². The lowest BCUT2D eigenvalue weighted by Crippen LogP contribution is -2.01. The predicted octanol–water partition coefficient (Wildman–Crippen LogP) is 3.77. The summed E-state index contributed by atoms with van der Waals surface area (Å²) >= 11 is 0.